The smallest absolute Gasteiger partial charge is 0.225 e. The fourth-order valence-electron chi connectivity index (χ4n) is 1.80. The highest BCUT2D eigenvalue weighted by Gasteiger charge is 2.17. The molecular weight excluding hydrogens is 268 g/mol. The molecule has 0 atom stereocenters. The van der Waals surface area contributed by atoms with E-state index in [4.69, 9.17) is 5.73 Å². The Labute approximate surface area is 111 Å². The molecule has 0 unspecified atom stereocenters. The van der Waals surface area contributed by atoms with Crippen LogP contribution in [0.2, 0.25) is 0 Å². The number of aryl methyl sites for hydroxylation is 1. The quantitative estimate of drug-likeness (QED) is 0.756. The maximum Gasteiger partial charge on any atom is 0.225 e. The third kappa shape index (κ3) is 2.76. The van der Waals surface area contributed by atoms with Gasteiger partial charge in [0.05, 0.1) is 11.6 Å². The second-order valence-electron chi connectivity index (χ2n) is 4.18. The normalized spacial score (nSPS) is 11.9. The van der Waals surface area contributed by atoms with Crippen molar-refractivity contribution in [2.75, 3.05) is 23.5 Å². The first-order valence-corrected chi connectivity index (χ1v) is 7.54. The summed E-state index contributed by atoms with van der Waals surface area (Å²) >= 11 is 0. The molecule has 0 radical (unpaired) electrons. The van der Waals surface area contributed by atoms with Gasteiger partial charge in [-0.1, -0.05) is 0 Å². The van der Waals surface area contributed by atoms with Crippen LogP contribution in [-0.4, -0.2) is 35.8 Å². The highest BCUT2D eigenvalue weighted by atomic mass is 32.2. The number of nitrogen functional groups attached to an aromatic ring is 1. The SMILES string of the molecule is CCN(NS(C)(=O)=O)c1nc(N)nc2c1ccn2C. The minimum atomic E-state index is -3.39. The van der Waals surface area contributed by atoms with Crippen LogP contribution in [0.5, 0.6) is 0 Å². The van der Waals surface area contributed by atoms with Crippen LogP contribution >= 0.6 is 0 Å². The number of aromatic nitrogens is 3. The number of nitrogens with two attached hydrogens (primary N) is 1. The number of nitrogens with one attached hydrogen (secondary N) is 1. The Morgan fingerprint density at radius 1 is 1.47 bits per heavy atom. The van der Waals surface area contributed by atoms with Crippen molar-refractivity contribution in [2.24, 2.45) is 7.05 Å². The molecule has 0 aliphatic rings. The average molecular weight is 284 g/mol. The van der Waals surface area contributed by atoms with Gasteiger partial charge >= 0.3 is 0 Å². The van der Waals surface area contributed by atoms with Gasteiger partial charge in [0.25, 0.3) is 0 Å². The fourth-order valence-corrected chi connectivity index (χ4v) is 2.42. The first kappa shape index (κ1) is 13.6. The maximum absolute atomic E-state index is 11.4. The number of anilines is 2. The molecule has 2 heterocycles. The van der Waals surface area contributed by atoms with Gasteiger partial charge in [-0.2, -0.15) is 9.97 Å². The Kier molecular flexibility index (Phi) is 3.33. The Hall–Kier alpha value is -1.87. The summed E-state index contributed by atoms with van der Waals surface area (Å²) < 4.78 is 24.5. The molecule has 0 bridgehead atoms. The van der Waals surface area contributed by atoms with E-state index in [1.54, 1.807) is 4.57 Å². The van der Waals surface area contributed by atoms with E-state index >= 15 is 0 Å². The first-order valence-electron chi connectivity index (χ1n) is 5.65. The van der Waals surface area contributed by atoms with E-state index in [2.05, 4.69) is 14.8 Å². The molecule has 2 aromatic rings. The summed E-state index contributed by atoms with van der Waals surface area (Å²) in [6.07, 6.45) is 2.90. The van der Waals surface area contributed by atoms with Gasteiger partial charge in [-0.3, -0.25) is 5.01 Å². The molecule has 9 heteroatoms. The maximum atomic E-state index is 11.4. The van der Waals surface area contributed by atoms with E-state index in [0.717, 1.165) is 11.6 Å². The molecule has 0 fully saturated rings. The molecule has 0 aromatic carbocycles. The van der Waals surface area contributed by atoms with Gasteiger partial charge in [-0.15, -0.1) is 4.83 Å². The number of hydrogen-bond donors (Lipinski definition) is 2. The lowest BCUT2D eigenvalue weighted by molar-refractivity contribution is 0.582. The molecule has 0 spiro atoms. The van der Waals surface area contributed by atoms with Gasteiger partial charge in [-0.25, -0.2) is 8.42 Å². The summed E-state index contributed by atoms with van der Waals surface area (Å²) in [6.45, 7) is 2.22. The van der Waals surface area contributed by atoms with Crippen LogP contribution in [-0.2, 0) is 17.1 Å². The number of nitrogens with zero attached hydrogens (tertiary/aromatic N) is 4. The van der Waals surface area contributed by atoms with E-state index in [-0.39, 0.29) is 5.95 Å². The molecule has 0 aliphatic carbocycles. The monoisotopic (exact) mass is 284 g/mol. The molecule has 0 saturated heterocycles. The number of rotatable bonds is 4. The number of fused-ring (bicyclic) bond motifs is 1. The van der Waals surface area contributed by atoms with Crippen molar-refractivity contribution < 1.29 is 8.42 Å². The highest BCUT2D eigenvalue weighted by Crippen LogP contribution is 2.24. The third-order valence-corrected chi connectivity index (χ3v) is 3.12. The molecule has 0 aliphatic heterocycles. The minimum Gasteiger partial charge on any atom is -0.368 e. The van der Waals surface area contributed by atoms with Crippen LogP contribution < -0.4 is 15.6 Å². The number of hydrogen-bond acceptors (Lipinski definition) is 6. The second kappa shape index (κ2) is 4.67. The van der Waals surface area contributed by atoms with Gasteiger partial charge in [0.15, 0.2) is 5.82 Å². The second-order valence-corrected chi connectivity index (χ2v) is 5.90. The summed E-state index contributed by atoms with van der Waals surface area (Å²) in [5, 5.41) is 2.16. The average Bonchev–Trinajstić information content (AvgIpc) is 2.66. The van der Waals surface area contributed by atoms with Crippen LogP contribution in [0, 0.1) is 0 Å². The predicted octanol–water partition coefficient (Wildman–Crippen LogP) is -0.159. The van der Waals surface area contributed by atoms with Crippen LogP contribution in [0.25, 0.3) is 11.0 Å². The Morgan fingerprint density at radius 2 is 2.16 bits per heavy atom. The van der Waals surface area contributed by atoms with Crippen molar-refractivity contribution in [3.63, 3.8) is 0 Å². The molecule has 19 heavy (non-hydrogen) atoms. The lowest BCUT2D eigenvalue weighted by atomic mass is 10.3. The molecule has 3 N–H and O–H groups in total. The Morgan fingerprint density at radius 3 is 2.74 bits per heavy atom. The lowest BCUT2D eigenvalue weighted by Crippen LogP contribution is -2.42. The topological polar surface area (TPSA) is 106 Å². The molecule has 0 saturated carbocycles. The van der Waals surface area contributed by atoms with Crippen molar-refractivity contribution in [2.45, 2.75) is 6.92 Å². The van der Waals surface area contributed by atoms with Gasteiger partial charge in [0, 0.05) is 19.8 Å². The van der Waals surface area contributed by atoms with Crippen LogP contribution in [0.15, 0.2) is 12.3 Å². The van der Waals surface area contributed by atoms with Crippen molar-refractivity contribution in [1.82, 2.24) is 19.4 Å². The first-order chi connectivity index (χ1) is 8.81. The van der Waals surface area contributed by atoms with Crippen molar-refractivity contribution >= 4 is 32.8 Å². The predicted molar refractivity (Wildman–Crippen MR) is 73.9 cm³/mol. The molecule has 2 rings (SSSR count). The van der Waals surface area contributed by atoms with Crippen molar-refractivity contribution in [3.8, 4) is 0 Å². The summed E-state index contributed by atoms with van der Waals surface area (Å²) in [5.41, 5.74) is 6.32. The minimum absolute atomic E-state index is 0.0954. The van der Waals surface area contributed by atoms with E-state index < -0.39 is 10.0 Å². The Bertz CT molecular complexity index is 708. The zero-order valence-corrected chi connectivity index (χ0v) is 11.8. The zero-order chi connectivity index (χ0) is 14.2. The molecular formula is C10H16N6O2S. The lowest BCUT2D eigenvalue weighted by Gasteiger charge is -2.22. The summed E-state index contributed by atoms with van der Waals surface area (Å²) in [6, 6.07) is 1.82. The van der Waals surface area contributed by atoms with Crippen LogP contribution in [0.4, 0.5) is 11.8 Å². The van der Waals surface area contributed by atoms with Gasteiger partial charge in [0.1, 0.15) is 5.65 Å². The largest absolute Gasteiger partial charge is 0.368 e. The van der Waals surface area contributed by atoms with Gasteiger partial charge < -0.3 is 10.3 Å². The highest BCUT2D eigenvalue weighted by molar-refractivity contribution is 7.88. The van der Waals surface area contributed by atoms with E-state index in [1.807, 2.05) is 26.2 Å². The fraction of sp³-hybridized carbons (Fsp3) is 0.400. The standard InChI is InChI=1S/C10H16N6O2S/c1-4-16(14-19(3,17)18)9-7-5-6-15(2)8(7)12-10(11)13-9/h5-6,14H,4H2,1-3H3,(H2,11,12,13). The molecule has 8 nitrogen and oxygen atoms in total. The van der Waals surface area contributed by atoms with Crippen molar-refractivity contribution in [1.29, 1.82) is 0 Å². The summed E-state index contributed by atoms with van der Waals surface area (Å²) in [4.78, 5) is 10.7. The molecule has 0 amide bonds. The van der Waals surface area contributed by atoms with E-state index in [1.165, 1.54) is 5.01 Å². The van der Waals surface area contributed by atoms with Crippen LogP contribution in [0.3, 0.4) is 0 Å². The van der Waals surface area contributed by atoms with E-state index in [0.29, 0.717) is 18.0 Å². The zero-order valence-electron chi connectivity index (χ0n) is 11.0. The third-order valence-electron chi connectivity index (χ3n) is 2.57. The number of sulfonamides is 1. The van der Waals surface area contributed by atoms with E-state index in [9.17, 15) is 8.42 Å². The van der Waals surface area contributed by atoms with Crippen molar-refractivity contribution in [3.05, 3.63) is 12.3 Å². The van der Waals surface area contributed by atoms with Crippen LogP contribution in [0.1, 0.15) is 6.92 Å². The number of hydrazine groups is 1. The summed E-state index contributed by atoms with van der Waals surface area (Å²) in [7, 11) is -1.56. The molecule has 2 aromatic heterocycles. The van der Waals surface area contributed by atoms with Gasteiger partial charge in [0.2, 0.25) is 16.0 Å². The van der Waals surface area contributed by atoms with Gasteiger partial charge in [-0.05, 0) is 13.0 Å². The summed E-state index contributed by atoms with van der Waals surface area (Å²) in [5.74, 6) is 0.536. The Balaban J connectivity index is 2.59. The molecule has 104 valence electrons.